The Kier molecular flexibility index (Phi) is 5.79. The van der Waals surface area contributed by atoms with Gasteiger partial charge in [0.1, 0.15) is 18.5 Å². The molecule has 1 heterocycles. The number of methoxy groups -OCH3 is 2. The van der Waals surface area contributed by atoms with Gasteiger partial charge in [0.25, 0.3) is 0 Å². The minimum Gasteiger partial charge on any atom is -0.493 e. The van der Waals surface area contributed by atoms with E-state index >= 15 is 0 Å². The molecule has 5 nitrogen and oxygen atoms in total. The first-order chi connectivity index (χ1) is 12.2. The zero-order chi connectivity index (χ0) is 17.6. The van der Waals surface area contributed by atoms with Crippen molar-refractivity contribution in [2.45, 2.75) is 19.1 Å². The number of hydrogen-bond donors (Lipinski definition) is 1. The Hall–Kier alpha value is -2.24. The van der Waals surface area contributed by atoms with Crippen molar-refractivity contribution in [3.8, 4) is 17.2 Å². The molecule has 0 unspecified atom stereocenters. The second-order valence-corrected chi connectivity index (χ2v) is 6.24. The Labute approximate surface area is 148 Å². The fraction of sp³-hybridized carbons (Fsp3) is 0.400. The summed E-state index contributed by atoms with van der Waals surface area (Å²) in [5.41, 5.74) is 2.50. The van der Waals surface area contributed by atoms with Gasteiger partial charge >= 0.3 is 0 Å². The molecule has 0 aromatic heterocycles. The van der Waals surface area contributed by atoms with E-state index in [4.69, 9.17) is 14.2 Å². The number of para-hydroxylation sites is 1. The molecule has 134 valence electrons. The van der Waals surface area contributed by atoms with Crippen LogP contribution < -0.4 is 14.2 Å². The Balaban J connectivity index is 1.57. The Bertz CT molecular complexity index is 690. The summed E-state index contributed by atoms with van der Waals surface area (Å²) in [6, 6.07) is 13.7. The van der Waals surface area contributed by atoms with Gasteiger partial charge in [-0.15, -0.1) is 0 Å². The normalized spacial score (nSPS) is 15.3. The summed E-state index contributed by atoms with van der Waals surface area (Å²) in [4.78, 5) is 2.24. The molecule has 5 heteroatoms. The lowest BCUT2D eigenvalue weighted by atomic mass is 9.98. The number of nitrogens with zero attached hydrogens (tertiary/aromatic N) is 1. The first-order valence-electron chi connectivity index (χ1n) is 8.51. The first kappa shape index (κ1) is 17.6. The molecule has 0 bridgehead atoms. The molecule has 0 fully saturated rings. The second-order valence-electron chi connectivity index (χ2n) is 6.24. The van der Waals surface area contributed by atoms with Crippen LogP contribution in [0.2, 0.25) is 0 Å². The molecule has 1 atom stereocenters. The van der Waals surface area contributed by atoms with E-state index in [1.807, 2.05) is 36.4 Å². The van der Waals surface area contributed by atoms with Gasteiger partial charge in [0.05, 0.1) is 14.2 Å². The van der Waals surface area contributed by atoms with Crippen LogP contribution in [-0.2, 0) is 13.0 Å². The van der Waals surface area contributed by atoms with Crippen LogP contribution in [0.25, 0.3) is 0 Å². The maximum absolute atomic E-state index is 10.3. The topological polar surface area (TPSA) is 51.2 Å². The van der Waals surface area contributed by atoms with Crippen LogP contribution in [0.15, 0.2) is 42.5 Å². The first-order valence-corrected chi connectivity index (χ1v) is 8.51. The van der Waals surface area contributed by atoms with Crippen molar-refractivity contribution in [3.63, 3.8) is 0 Å². The molecule has 1 aliphatic heterocycles. The van der Waals surface area contributed by atoms with Crippen molar-refractivity contribution in [2.75, 3.05) is 33.9 Å². The van der Waals surface area contributed by atoms with E-state index in [1.54, 1.807) is 14.2 Å². The molecule has 25 heavy (non-hydrogen) atoms. The van der Waals surface area contributed by atoms with E-state index in [2.05, 4.69) is 11.0 Å². The van der Waals surface area contributed by atoms with Gasteiger partial charge in [-0.1, -0.05) is 18.2 Å². The van der Waals surface area contributed by atoms with Gasteiger partial charge < -0.3 is 19.3 Å². The van der Waals surface area contributed by atoms with Crippen molar-refractivity contribution in [1.82, 2.24) is 4.90 Å². The van der Waals surface area contributed by atoms with E-state index in [0.29, 0.717) is 13.2 Å². The lowest BCUT2D eigenvalue weighted by molar-refractivity contribution is 0.0637. The summed E-state index contributed by atoms with van der Waals surface area (Å²) in [6.07, 6.45) is 0.406. The molecule has 2 aromatic carbocycles. The predicted octanol–water partition coefficient (Wildman–Crippen LogP) is 2.50. The van der Waals surface area contributed by atoms with Gasteiger partial charge in [-0.25, -0.2) is 0 Å². The number of fused-ring (bicyclic) bond motifs is 1. The smallest absolute Gasteiger partial charge is 0.161 e. The SMILES string of the molecule is COc1cc2c(cc1OC)CN(C[C@H](O)COc1ccccc1)CC2. The van der Waals surface area contributed by atoms with Gasteiger partial charge in [0.15, 0.2) is 11.5 Å². The number of aliphatic hydroxyl groups excluding tert-OH is 1. The minimum atomic E-state index is -0.526. The predicted molar refractivity (Wildman–Crippen MR) is 96.5 cm³/mol. The van der Waals surface area contributed by atoms with Crippen LogP contribution in [0.1, 0.15) is 11.1 Å². The summed E-state index contributed by atoms with van der Waals surface area (Å²) < 4.78 is 16.4. The average molecular weight is 343 g/mol. The maximum atomic E-state index is 10.3. The minimum absolute atomic E-state index is 0.291. The zero-order valence-electron chi connectivity index (χ0n) is 14.8. The number of aliphatic hydroxyl groups is 1. The monoisotopic (exact) mass is 343 g/mol. The van der Waals surface area contributed by atoms with Crippen molar-refractivity contribution in [1.29, 1.82) is 0 Å². The summed E-state index contributed by atoms with van der Waals surface area (Å²) in [7, 11) is 3.30. The molecule has 0 saturated heterocycles. The molecule has 1 N–H and O–H groups in total. The van der Waals surface area contributed by atoms with Crippen molar-refractivity contribution < 1.29 is 19.3 Å². The Morgan fingerprint density at radius 3 is 2.40 bits per heavy atom. The molecule has 3 rings (SSSR count). The van der Waals surface area contributed by atoms with E-state index in [1.165, 1.54) is 11.1 Å². The Morgan fingerprint density at radius 1 is 1.04 bits per heavy atom. The summed E-state index contributed by atoms with van der Waals surface area (Å²) >= 11 is 0. The third-order valence-corrected chi connectivity index (χ3v) is 4.45. The molecule has 0 amide bonds. The quantitative estimate of drug-likeness (QED) is 0.837. The van der Waals surface area contributed by atoms with E-state index in [0.717, 1.165) is 36.8 Å². The molecule has 2 aromatic rings. The second kappa shape index (κ2) is 8.23. The number of ether oxygens (including phenoxy) is 3. The average Bonchev–Trinajstić information content (AvgIpc) is 2.66. The molecule has 1 aliphatic rings. The number of β-amino-alcohol motifs (C(OH)–C–C–N with tert-alkyl or cyclic N) is 1. The van der Waals surface area contributed by atoms with Gasteiger partial charge in [0.2, 0.25) is 0 Å². The van der Waals surface area contributed by atoms with E-state index in [-0.39, 0.29) is 0 Å². The van der Waals surface area contributed by atoms with Gasteiger partial charge in [-0.05, 0) is 41.8 Å². The van der Waals surface area contributed by atoms with E-state index < -0.39 is 6.10 Å². The van der Waals surface area contributed by atoms with Crippen LogP contribution in [0.5, 0.6) is 17.2 Å². The molecular formula is C20H25NO4. The van der Waals surface area contributed by atoms with Crippen molar-refractivity contribution in [3.05, 3.63) is 53.6 Å². The third-order valence-electron chi connectivity index (χ3n) is 4.45. The molecular weight excluding hydrogens is 318 g/mol. The standard InChI is InChI=1S/C20H25NO4/c1-23-19-10-15-8-9-21(12-16(15)11-20(19)24-2)13-17(22)14-25-18-6-4-3-5-7-18/h3-7,10-11,17,22H,8-9,12-14H2,1-2H3/t17-/m0/s1. The van der Waals surface area contributed by atoms with Crippen molar-refractivity contribution >= 4 is 0 Å². The van der Waals surface area contributed by atoms with Gasteiger partial charge in [-0.2, -0.15) is 0 Å². The van der Waals surface area contributed by atoms with Crippen LogP contribution in [0.3, 0.4) is 0 Å². The van der Waals surface area contributed by atoms with Gasteiger partial charge in [0, 0.05) is 19.6 Å². The molecule has 0 saturated carbocycles. The largest absolute Gasteiger partial charge is 0.493 e. The fourth-order valence-electron chi connectivity index (χ4n) is 3.16. The van der Waals surface area contributed by atoms with Crippen LogP contribution in [-0.4, -0.2) is 50.0 Å². The highest BCUT2D eigenvalue weighted by Gasteiger charge is 2.21. The lowest BCUT2D eigenvalue weighted by Gasteiger charge is -2.31. The molecule has 0 aliphatic carbocycles. The third kappa shape index (κ3) is 4.44. The fourth-order valence-corrected chi connectivity index (χ4v) is 3.16. The molecule has 0 radical (unpaired) electrons. The van der Waals surface area contributed by atoms with E-state index in [9.17, 15) is 5.11 Å². The summed E-state index contributed by atoms with van der Waals surface area (Å²) in [5.74, 6) is 2.30. The number of benzene rings is 2. The highest BCUT2D eigenvalue weighted by atomic mass is 16.5. The maximum Gasteiger partial charge on any atom is 0.161 e. The highest BCUT2D eigenvalue weighted by molar-refractivity contribution is 5.48. The van der Waals surface area contributed by atoms with Crippen molar-refractivity contribution in [2.24, 2.45) is 0 Å². The Morgan fingerprint density at radius 2 is 1.72 bits per heavy atom. The number of rotatable bonds is 7. The van der Waals surface area contributed by atoms with Crippen LogP contribution in [0, 0.1) is 0 Å². The van der Waals surface area contributed by atoms with Gasteiger partial charge in [-0.3, -0.25) is 4.90 Å². The zero-order valence-corrected chi connectivity index (χ0v) is 14.8. The summed E-state index contributed by atoms with van der Waals surface area (Å²) in [5, 5.41) is 10.3. The lowest BCUT2D eigenvalue weighted by Crippen LogP contribution is -2.38. The van der Waals surface area contributed by atoms with Crippen LogP contribution in [0.4, 0.5) is 0 Å². The number of hydrogen-bond acceptors (Lipinski definition) is 5. The summed E-state index contributed by atoms with van der Waals surface area (Å²) in [6.45, 7) is 2.57. The molecule has 0 spiro atoms. The van der Waals surface area contributed by atoms with Crippen LogP contribution >= 0.6 is 0 Å². The highest BCUT2D eigenvalue weighted by Crippen LogP contribution is 2.33.